The smallest absolute Gasteiger partial charge is 0.471 e. The van der Waals surface area contributed by atoms with Gasteiger partial charge in [-0.05, 0) is 13.8 Å². The summed E-state index contributed by atoms with van der Waals surface area (Å²) in [5.74, 6) is -0.783. The van der Waals surface area contributed by atoms with Crippen molar-refractivity contribution in [2.75, 3.05) is 5.75 Å². The zero-order valence-electron chi connectivity index (χ0n) is 16.5. The van der Waals surface area contributed by atoms with Crippen LogP contribution in [0.2, 0.25) is 0 Å². The number of nitriles is 1. The predicted octanol–water partition coefficient (Wildman–Crippen LogP) is 3.69. The number of fused-ring (bicyclic) bond motifs is 2. The quantitative estimate of drug-likeness (QED) is 0.571. The normalized spacial score (nSPS) is 15.1. The molecule has 31 heavy (non-hydrogen) atoms. The molecule has 3 aromatic rings. The summed E-state index contributed by atoms with van der Waals surface area (Å²) in [5, 5.41) is 9.14. The molecule has 1 aliphatic rings. The number of ether oxygens (including phenoxy) is 3. The van der Waals surface area contributed by atoms with E-state index in [1.54, 1.807) is 0 Å². The number of rotatable bonds is 5. The van der Waals surface area contributed by atoms with Crippen molar-refractivity contribution >= 4 is 20.9 Å². The Kier molecular flexibility index (Phi) is 4.55. The molecular formula is C19H15F2N3O6S. The molecule has 0 spiro atoms. The largest absolute Gasteiger partial charge is 0.586 e. The standard InChI is InChI=1S/C19H15F2N3O6S/c1-4-31(25,26)15-5-10(28-18(2,3)9-22)8-23-16(15)17-24-11-6-13-14(7-12(11)27-17)30-19(20,21)29-13/h5-8H,4H2,1-3H3. The molecule has 0 aliphatic carbocycles. The molecule has 0 bridgehead atoms. The minimum Gasteiger partial charge on any atom is -0.471 e. The molecule has 162 valence electrons. The van der Waals surface area contributed by atoms with Gasteiger partial charge in [-0.1, -0.05) is 6.92 Å². The fourth-order valence-corrected chi connectivity index (χ4v) is 3.87. The molecule has 0 saturated heterocycles. The number of aromatic nitrogens is 2. The molecule has 0 saturated carbocycles. The third-order valence-corrected chi connectivity index (χ3v) is 6.04. The maximum Gasteiger partial charge on any atom is 0.586 e. The van der Waals surface area contributed by atoms with Crippen LogP contribution in [-0.2, 0) is 9.84 Å². The molecule has 12 heteroatoms. The number of alkyl halides is 2. The van der Waals surface area contributed by atoms with Gasteiger partial charge in [-0.3, -0.25) is 0 Å². The van der Waals surface area contributed by atoms with E-state index in [1.165, 1.54) is 45.2 Å². The fourth-order valence-electron chi connectivity index (χ4n) is 2.83. The second-order valence-electron chi connectivity index (χ2n) is 7.10. The molecule has 0 amide bonds. The van der Waals surface area contributed by atoms with E-state index >= 15 is 0 Å². The third-order valence-electron chi connectivity index (χ3n) is 4.30. The highest BCUT2D eigenvalue weighted by atomic mass is 32.2. The average Bonchev–Trinajstić information content (AvgIpc) is 3.23. The Morgan fingerprint density at radius 1 is 1.23 bits per heavy atom. The van der Waals surface area contributed by atoms with Gasteiger partial charge >= 0.3 is 6.29 Å². The van der Waals surface area contributed by atoms with Gasteiger partial charge in [-0.25, -0.2) is 18.4 Å². The molecule has 0 fully saturated rings. The summed E-state index contributed by atoms with van der Waals surface area (Å²) in [6.07, 6.45) is -2.55. The van der Waals surface area contributed by atoms with Crippen LogP contribution in [0.3, 0.4) is 0 Å². The van der Waals surface area contributed by atoms with Gasteiger partial charge < -0.3 is 18.6 Å². The van der Waals surface area contributed by atoms with Crippen molar-refractivity contribution in [1.82, 2.24) is 9.97 Å². The molecule has 0 N–H and O–H groups in total. The monoisotopic (exact) mass is 451 g/mol. The average molecular weight is 451 g/mol. The highest BCUT2D eigenvalue weighted by Crippen LogP contribution is 2.44. The zero-order chi connectivity index (χ0) is 22.6. The number of halogens is 2. The van der Waals surface area contributed by atoms with Gasteiger partial charge in [0, 0.05) is 18.2 Å². The summed E-state index contributed by atoms with van der Waals surface area (Å²) in [6, 6.07) is 5.55. The molecule has 9 nitrogen and oxygen atoms in total. The first-order chi connectivity index (χ1) is 14.4. The lowest BCUT2D eigenvalue weighted by Crippen LogP contribution is -2.25. The minimum absolute atomic E-state index is 0.0708. The molecule has 3 heterocycles. The number of nitrogens with zero attached hydrogens (tertiary/aromatic N) is 3. The Bertz CT molecular complexity index is 1300. The molecule has 1 aliphatic heterocycles. The summed E-state index contributed by atoms with van der Waals surface area (Å²) in [5.41, 5.74) is -1.09. The highest BCUT2D eigenvalue weighted by molar-refractivity contribution is 7.91. The molecule has 0 radical (unpaired) electrons. The van der Waals surface area contributed by atoms with Gasteiger partial charge in [0.15, 0.2) is 32.5 Å². The fraction of sp³-hybridized carbons (Fsp3) is 0.316. The van der Waals surface area contributed by atoms with Gasteiger partial charge in [0.2, 0.25) is 5.89 Å². The summed E-state index contributed by atoms with van der Waals surface area (Å²) in [6.45, 7) is 4.49. The van der Waals surface area contributed by atoms with E-state index in [-0.39, 0.29) is 50.6 Å². The Labute approximate surface area is 175 Å². The zero-order valence-corrected chi connectivity index (χ0v) is 17.3. The lowest BCUT2D eigenvalue weighted by molar-refractivity contribution is -0.286. The first-order valence-corrected chi connectivity index (χ1v) is 10.6. The van der Waals surface area contributed by atoms with Crippen LogP contribution in [0.4, 0.5) is 8.78 Å². The van der Waals surface area contributed by atoms with Crippen LogP contribution in [-0.4, -0.2) is 36.0 Å². The molecule has 0 unspecified atom stereocenters. The first kappa shape index (κ1) is 20.8. The number of oxazole rings is 1. The lowest BCUT2D eigenvalue weighted by Gasteiger charge is -2.18. The number of hydrogen-bond acceptors (Lipinski definition) is 9. The van der Waals surface area contributed by atoms with E-state index in [4.69, 9.17) is 14.4 Å². The van der Waals surface area contributed by atoms with Crippen LogP contribution < -0.4 is 14.2 Å². The van der Waals surface area contributed by atoms with Crippen LogP contribution in [0.5, 0.6) is 17.2 Å². The number of sulfone groups is 1. The topological polar surface area (TPSA) is 125 Å². The van der Waals surface area contributed by atoms with Crippen molar-refractivity contribution < 1.29 is 35.8 Å². The van der Waals surface area contributed by atoms with E-state index in [0.717, 1.165) is 0 Å². The Morgan fingerprint density at radius 3 is 2.55 bits per heavy atom. The number of pyridine rings is 1. The number of hydrogen-bond donors (Lipinski definition) is 0. The minimum atomic E-state index is -3.80. The molecule has 4 rings (SSSR count). The Morgan fingerprint density at radius 2 is 1.90 bits per heavy atom. The van der Waals surface area contributed by atoms with E-state index in [9.17, 15) is 17.2 Å². The van der Waals surface area contributed by atoms with Crippen molar-refractivity contribution in [2.24, 2.45) is 0 Å². The second kappa shape index (κ2) is 6.78. The third kappa shape index (κ3) is 3.84. The maximum atomic E-state index is 13.2. The van der Waals surface area contributed by atoms with Crippen molar-refractivity contribution in [3.8, 4) is 34.9 Å². The van der Waals surface area contributed by atoms with E-state index in [0.29, 0.717) is 0 Å². The summed E-state index contributed by atoms with van der Waals surface area (Å²) >= 11 is 0. The summed E-state index contributed by atoms with van der Waals surface area (Å²) < 4.78 is 71.7. The number of benzene rings is 1. The second-order valence-corrected chi connectivity index (χ2v) is 9.35. The summed E-state index contributed by atoms with van der Waals surface area (Å²) in [7, 11) is -3.80. The van der Waals surface area contributed by atoms with Crippen molar-refractivity contribution in [1.29, 1.82) is 5.26 Å². The van der Waals surface area contributed by atoms with Crippen LogP contribution in [0.1, 0.15) is 20.8 Å². The Hall–Kier alpha value is -3.46. The van der Waals surface area contributed by atoms with Gasteiger partial charge in [-0.2, -0.15) is 5.26 Å². The maximum absolute atomic E-state index is 13.2. The van der Waals surface area contributed by atoms with Crippen molar-refractivity contribution in [3.63, 3.8) is 0 Å². The van der Waals surface area contributed by atoms with Gasteiger partial charge in [-0.15, -0.1) is 8.78 Å². The lowest BCUT2D eigenvalue weighted by atomic mass is 10.2. The summed E-state index contributed by atoms with van der Waals surface area (Å²) in [4.78, 5) is 8.09. The van der Waals surface area contributed by atoms with E-state index < -0.39 is 21.7 Å². The molecule has 0 atom stereocenters. The molecule has 2 aromatic heterocycles. The van der Waals surface area contributed by atoms with Crippen LogP contribution >= 0.6 is 0 Å². The van der Waals surface area contributed by atoms with Crippen LogP contribution in [0.25, 0.3) is 22.7 Å². The highest BCUT2D eigenvalue weighted by Gasteiger charge is 2.44. The van der Waals surface area contributed by atoms with Gasteiger partial charge in [0.05, 0.1) is 11.9 Å². The van der Waals surface area contributed by atoms with E-state index in [1.807, 2.05) is 6.07 Å². The van der Waals surface area contributed by atoms with Crippen molar-refractivity contribution in [2.45, 2.75) is 37.6 Å². The molecular weight excluding hydrogens is 436 g/mol. The van der Waals surface area contributed by atoms with E-state index in [2.05, 4.69) is 19.4 Å². The van der Waals surface area contributed by atoms with Gasteiger partial charge in [0.1, 0.15) is 27.9 Å². The van der Waals surface area contributed by atoms with Gasteiger partial charge in [0.25, 0.3) is 0 Å². The molecule has 1 aromatic carbocycles. The van der Waals surface area contributed by atoms with Crippen LogP contribution in [0, 0.1) is 11.3 Å². The predicted molar refractivity (Wildman–Crippen MR) is 101 cm³/mol. The van der Waals surface area contributed by atoms with Crippen LogP contribution in [0.15, 0.2) is 33.7 Å². The Balaban J connectivity index is 1.82. The SMILES string of the molecule is CCS(=O)(=O)c1cc(OC(C)(C)C#N)cnc1-c1nc2cc3c(cc2o1)OC(F)(F)O3. The van der Waals surface area contributed by atoms with Crippen molar-refractivity contribution in [3.05, 3.63) is 24.4 Å². The first-order valence-electron chi connectivity index (χ1n) is 8.97.